The van der Waals surface area contributed by atoms with E-state index in [1.807, 2.05) is 12.1 Å². The van der Waals surface area contributed by atoms with E-state index in [4.69, 9.17) is 11.6 Å². The number of piperidine rings is 1. The van der Waals surface area contributed by atoms with E-state index in [0.717, 1.165) is 5.02 Å². The maximum absolute atomic E-state index is 6.02. The van der Waals surface area contributed by atoms with Gasteiger partial charge in [-0.3, -0.25) is 0 Å². The molecule has 1 aliphatic heterocycles. The summed E-state index contributed by atoms with van der Waals surface area (Å²) in [6, 6.07) is 8.97. The van der Waals surface area contributed by atoms with Crippen LogP contribution in [0.5, 0.6) is 0 Å². The Kier molecular flexibility index (Phi) is 2.85. The van der Waals surface area contributed by atoms with Gasteiger partial charge in [-0.1, -0.05) is 11.6 Å². The highest BCUT2D eigenvalue weighted by molar-refractivity contribution is 6.31. The molecule has 0 N–H and O–H groups in total. The Morgan fingerprint density at radius 1 is 1.18 bits per heavy atom. The Morgan fingerprint density at radius 2 is 1.94 bits per heavy atom. The van der Waals surface area contributed by atoms with Crippen molar-refractivity contribution in [3.8, 4) is 0 Å². The molecule has 2 nitrogen and oxygen atoms in total. The third-order valence-electron chi connectivity index (χ3n) is 3.76. The zero-order valence-electron chi connectivity index (χ0n) is 10.1. The number of halogens is 1. The Bertz CT molecular complexity index is 524. The third kappa shape index (κ3) is 2.07. The molecule has 3 heteroatoms. The molecule has 2 aromatic rings. The molecule has 0 spiro atoms. The molecule has 0 radical (unpaired) electrons. The molecule has 1 aliphatic rings. The Labute approximate surface area is 107 Å². The van der Waals surface area contributed by atoms with Gasteiger partial charge in [-0.05, 0) is 57.2 Å². The fourth-order valence-electron chi connectivity index (χ4n) is 2.73. The molecule has 1 fully saturated rings. The van der Waals surface area contributed by atoms with E-state index >= 15 is 0 Å². The molecule has 3 rings (SSSR count). The Balaban J connectivity index is 1.95. The lowest BCUT2D eigenvalue weighted by atomic mass is 10.1. The molecule has 0 bridgehead atoms. The van der Waals surface area contributed by atoms with Crippen LogP contribution in [0.3, 0.4) is 0 Å². The van der Waals surface area contributed by atoms with Crippen molar-refractivity contribution in [2.24, 2.45) is 0 Å². The van der Waals surface area contributed by atoms with Crippen molar-refractivity contribution in [1.82, 2.24) is 9.47 Å². The van der Waals surface area contributed by atoms with Crippen LogP contribution in [0.4, 0.5) is 0 Å². The van der Waals surface area contributed by atoms with Crippen molar-refractivity contribution in [3.05, 3.63) is 35.5 Å². The highest BCUT2D eigenvalue weighted by Crippen LogP contribution is 2.28. The summed E-state index contributed by atoms with van der Waals surface area (Å²) in [6.07, 6.45) is 4.68. The largest absolute Gasteiger partial charge is 0.344 e. The average molecular weight is 249 g/mol. The van der Waals surface area contributed by atoms with Crippen molar-refractivity contribution < 1.29 is 0 Å². The fourth-order valence-corrected chi connectivity index (χ4v) is 2.91. The van der Waals surface area contributed by atoms with Crippen LogP contribution in [0.25, 0.3) is 10.9 Å². The Morgan fingerprint density at radius 3 is 2.71 bits per heavy atom. The van der Waals surface area contributed by atoms with Crippen LogP contribution in [-0.4, -0.2) is 29.6 Å². The van der Waals surface area contributed by atoms with Crippen LogP contribution >= 0.6 is 11.6 Å². The predicted octanol–water partition coefficient (Wildman–Crippen LogP) is 3.56. The van der Waals surface area contributed by atoms with Crippen molar-refractivity contribution in [3.63, 3.8) is 0 Å². The molecule has 0 saturated carbocycles. The van der Waals surface area contributed by atoms with Gasteiger partial charge < -0.3 is 9.47 Å². The number of aromatic nitrogens is 1. The summed E-state index contributed by atoms with van der Waals surface area (Å²) < 4.78 is 2.42. The Hall–Kier alpha value is -0.990. The molecule has 0 atom stereocenters. The first-order valence-corrected chi connectivity index (χ1v) is 6.56. The standard InChI is InChI=1S/C14H17ClN2/c1-16-7-5-13(6-8-16)17-9-4-11-10-12(15)2-3-14(11)17/h2-4,9-10,13H,5-8H2,1H3. The maximum Gasteiger partial charge on any atom is 0.0483 e. The topological polar surface area (TPSA) is 8.17 Å². The van der Waals surface area contributed by atoms with Crippen LogP contribution in [0.15, 0.2) is 30.5 Å². The van der Waals surface area contributed by atoms with Gasteiger partial charge in [-0.2, -0.15) is 0 Å². The molecule has 0 unspecified atom stereocenters. The van der Waals surface area contributed by atoms with Crippen LogP contribution < -0.4 is 0 Å². The minimum Gasteiger partial charge on any atom is -0.344 e. The van der Waals surface area contributed by atoms with Gasteiger partial charge in [0.2, 0.25) is 0 Å². The van der Waals surface area contributed by atoms with Crippen LogP contribution in [0.1, 0.15) is 18.9 Å². The first kappa shape index (κ1) is 11.1. The van der Waals surface area contributed by atoms with E-state index in [1.54, 1.807) is 0 Å². The lowest BCUT2D eigenvalue weighted by molar-refractivity contribution is 0.224. The molecule has 2 heterocycles. The summed E-state index contributed by atoms with van der Waals surface area (Å²) in [6.45, 7) is 2.38. The maximum atomic E-state index is 6.02. The number of hydrogen-bond donors (Lipinski definition) is 0. The number of rotatable bonds is 1. The number of fused-ring (bicyclic) bond motifs is 1. The van der Waals surface area contributed by atoms with Gasteiger partial charge in [0, 0.05) is 28.2 Å². The van der Waals surface area contributed by atoms with E-state index in [9.17, 15) is 0 Å². The molecule has 90 valence electrons. The minimum atomic E-state index is 0.643. The lowest BCUT2D eigenvalue weighted by Crippen LogP contribution is -2.31. The second-order valence-corrected chi connectivity index (χ2v) is 5.40. The first-order chi connectivity index (χ1) is 8.24. The van der Waals surface area contributed by atoms with Crippen molar-refractivity contribution >= 4 is 22.5 Å². The van der Waals surface area contributed by atoms with Crippen LogP contribution in [0, 0.1) is 0 Å². The summed E-state index contributed by atoms with van der Waals surface area (Å²) in [5.41, 5.74) is 1.31. The van der Waals surface area contributed by atoms with Gasteiger partial charge >= 0.3 is 0 Å². The monoisotopic (exact) mass is 248 g/mol. The predicted molar refractivity (Wildman–Crippen MR) is 72.7 cm³/mol. The molecule has 1 saturated heterocycles. The number of likely N-dealkylation sites (tertiary alicyclic amines) is 1. The van der Waals surface area contributed by atoms with Gasteiger partial charge in [0.15, 0.2) is 0 Å². The molecule has 1 aromatic heterocycles. The molecular formula is C14H17ClN2. The fraction of sp³-hybridized carbons (Fsp3) is 0.429. The average Bonchev–Trinajstić information content (AvgIpc) is 2.73. The van der Waals surface area contributed by atoms with Crippen LogP contribution in [0.2, 0.25) is 5.02 Å². The van der Waals surface area contributed by atoms with E-state index in [2.05, 4.69) is 34.8 Å². The van der Waals surface area contributed by atoms with Gasteiger partial charge in [0.1, 0.15) is 0 Å². The second kappa shape index (κ2) is 4.35. The van der Waals surface area contributed by atoms with E-state index in [1.165, 1.54) is 36.8 Å². The molecule has 0 aliphatic carbocycles. The summed E-state index contributed by atoms with van der Waals surface area (Å²) in [5.74, 6) is 0. The summed E-state index contributed by atoms with van der Waals surface area (Å²) in [7, 11) is 2.20. The zero-order valence-corrected chi connectivity index (χ0v) is 10.8. The molecule has 1 aromatic carbocycles. The lowest BCUT2D eigenvalue weighted by Gasteiger charge is -2.30. The van der Waals surface area contributed by atoms with Gasteiger partial charge in [-0.15, -0.1) is 0 Å². The smallest absolute Gasteiger partial charge is 0.0483 e. The highest BCUT2D eigenvalue weighted by Gasteiger charge is 2.18. The third-order valence-corrected chi connectivity index (χ3v) is 4.00. The summed E-state index contributed by atoms with van der Waals surface area (Å²) in [5, 5.41) is 2.06. The van der Waals surface area contributed by atoms with Crippen molar-refractivity contribution in [2.45, 2.75) is 18.9 Å². The molecular weight excluding hydrogens is 232 g/mol. The molecule has 0 amide bonds. The van der Waals surface area contributed by atoms with Gasteiger partial charge in [0.25, 0.3) is 0 Å². The van der Waals surface area contributed by atoms with E-state index in [-0.39, 0.29) is 0 Å². The quantitative estimate of drug-likeness (QED) is 0.749. The summed E-state index contributed by atoms with van der Waals surface area (Å²) in [4.78, 5) is 2.40. The van der Waals surface area contributed by atoms with Crippen LogP contribution in [-0.2, 0) is 0 Å². The van der Waals surface area contributed by atoms with E-state index in [0.29, 0.717) is 6.04 Å². The highest BCUT2D eigenvalue weighted by atomic mass is 35.5. The molecule has 17 heavy (non-hydrogen) atoms. The second-order valence-electron chi connectivity index (χ2n) is 4.96. The first-order valence-electron chi connectivity index (χ1n) is 6.19. The number of hydrogen-bond acceptors (Lipinski definition) is 1. The van der Waals surface area contributed by atoms with E-state index < -0.39 is 0 Å². The normalized spacial score (nSPS) is 18.9. The van der Waals surface area contributed by atoms with Crippen molar-refractivity contribution in [2.75, 3.05) is 20.1 Å². The zero-order chi connectivity index (χ0) is 11.8. The number of nitrogens with zero attached hydrogens (tertiary/aromatic N) is 2. The van der Waals surface area contributed by atoms with Gasteiger partial charge in [-0.25, -0.2) is 0 Å². The minimum absolute atomic E-state index is 0.643. The van der Waals surface area contributed by atoms with Crippen molar-refractivity contribution in [1.29, 1.82) is 0 Å². The number of benzene rings is 1. The SMILES string of the molecule is CN1CCC(n2ccc3cc(Cl)ccc32)CC1. The summed E-state index contributed by atoms with van der Waals surface area (Å²) >= 11 is 6.02. The van der Waals surface area contributed by atoms with Gasteiger partial charge in [0.05, 0.1) is 0 Å².